The van der Waals surface area contributed by atoms with Gasteiger partial charge in [0, 0.05) is 12.6 Å². The quantitative estimate of drug-likeness (QED) is 0.757. The number of hydrogen-bond acceptors (Lipinski definition) is 2. The van der Waals surface area contributed by atoms with Gasteiger partial charge in [0.05, 0.1) is 0 Å². The highest BCUT2D eigenvalue weighted by molar-refractivity contribution is 5.30. The van der Waals surface area contributed by atoms with Crippen LogP contribution in [0.2, 0.25) is 0 Å². The van der Waals surface area contributed by atoms with Crippen molar-refractivity contribution in [2.75, 3.05) is 6.54 Å². The first-order valence-electron chi connectivity index (χ1n) is 7.33. The van der Waals surface area contributed by atoms with Crippen molar-refractivity contribution < 1.29 is 13.5 Å². The maximum Gasteiger partial charge on any atom is 0.387 e. The maximum absolute atomic E-state index is 12.2. The van der Waals surface area contributed by atoms with Gasteiger partial charge in [-0.3, -0.25) is 0 Å². The zero-order valence-electron chi connectivity index (χ0n) is 12.2. The molecule has 0 radical (unpaired) electrons. The van der Waals surface area contributed by atoms with Crippen LogP contribution in [0.5, 0.6) is 5.75 Å². The van der Waals surface area contributed by atoms with Crippen LogP contribution in [0.3, 0.4) is 0 Å². The average Bonchev–Trinajstić information content (AvgIpc) is 3.16. The molecule has 1 aliphatic rings. The molecule has 20 heavy (non-hydrogen) atoms. The number of benzene rings is 1. The molecule has 1 saturated carbocycles. The average molecular weight is 283 g/mol. The summed E-state index contributed by atoms with van der Waals surface area (Å²) in [6.07, 6.45) is 5.08. The standard InChI is InChI=1S/C16H23F2NO/c1-3-7-16(8-9-16)11-19-12(2)13-5-4-6-14(10-13)20-15(17)18/h4-6,10,12,15,19H,3,7-9,11H2,1-2H3. The lowest BCUT2D eigenvalue weighted by Crippen LogP contribution is -2.26. The van der Waals surface area contributed by atoms with Gasteiger partial charge in [-0.2, -0.15) is 8.78 Å². The molecule has 1 aliphatic carbocycles. The molecule has 1 unspecified atom stereocenters. The molecule has 0 spiro atoms. The molecule has 0 saturated heterocycles. The predicted octanol–water partition coefficient (Wildman–Crippen LogP) is 4.52. The molecule has 1 aromatic rings. The number of halogens is 2. The molecule has 1 fully saturated rings. The maximum atomic E-state index is 12.2. The van der Waals surface area contributed by atoms with Gasteiger partial charge in [-0.15, -0.1) is 0 Å². The van der Waals surface area contributed by atoms with Crippen LogP contribution >= 0.6 is 0 Å². The van der Waals surface area contributed by atoms with Crippen LogP contribution in [-0.2, 0) is 0 Å². The van der Waals surface area contributed by atoms with Crippen molar-refractivity contribution in [1.82, 2.24) is 5.32 Å². The SMILES string of the molecule is CCCC1(CNC(C)c2cccc(OC(F)F)c2)CC1. The number of ether oxygens (including phenoxy) is 1. The minimum absolute atomic E-state index is 0.144. The summed E-state index contributed by atoms with van der Waals surface area (Å²) in [6, 6.07) is 7.08. The van der Waals surface area contributed by atoms with Gasteiger partial charge in [0.2, 0.25) is 0 Å². The lowest BCUT2D eigenvalue weighted by atomic mass is 9.99. The van der Waals surface area contributed by atoms with Gasteiger partial charge in [-0.1, -0.05) is 25.5 Å². The Morgan fingerprint density at radius 1 is 1.35 bits per heavy atom. The summed E-state index contributed by atoms with van der Waals surface area (Å²) in [7, 11) is 0. The molecule has 1 aromatic carbocycles. The van der Waals surface area contributed by atoms with Crippen molar-refractivity contribution in [2.24, 2.45) is 5.41 Å². The molecule has 0 bridgehead atoms. The summed E-state index contributed by atoms with van der Waals surface area (Å²) in [5.74, 6) is 0.223. The molecule has 0 heterocycles. The van der Waals surface area contributed by atoms with E-state index in [1.807, 2.05) is 6.07 Å². The lowest BCUT2D eigenvalue weighted by molar-refractivity contribution is -0.0499. The zero-order chi connectivity index (χ0) is 14.6. The molecule has 0 amide bonds. The Hall–Kier alpha value is -1.16. The summed E-state index contributed by atoms with van der Waals surface area (Å²) in [4.78, 5) is 0. The van der Waals surface area contributed by atoms with E-state index in [-0.39, 0.29) is 11.8 Å². The van der Waals surface area contributed by atoms with E-state index in [1.165, 1.54) is 25.7 Å². The Labute approximate surface area is 119 Å². The van der Waals surface area contributed by atoms with Crippen LogP contribution in [0.15, 0.2) is 24.3 Å². The summed E-state index contributed by atoms with van der Waals surface area (Å²) in [5, 5.41) is 3.52. The molecule has 4 heteroatoms. The normalized spacial score (nSPS) is 18.1. The number of rotatable bonds is 8. The molecule has 2 nitrogen and oxygen atoms in total. The van der Waals surface area contributed by atoms with Gasteiger partial charge in [0.25, 0.3) is 0 Å². The lowest BCUT2D eigenvalue weighted by Gasteiger charge is -2.20. The van der Waals surface area contributed by atoms with Crippen molar-refractivity contribution in [3.05, 3.63) is 29.8 Å². The first-order chi connectivity index (χ1) is 9.54. The van der Waals surface area contributed by atoms with E-state index in [2.05, 4.69) is 23.9 Å². The monoisotopic (exact) mass is 283 g/mol. The summed E-state index contributed by atoms with van der Waals surface area (Å²) < 4.78 is 28.9. The van der Waals surface area contributed by atoms with E-state index >= 15 is 0 Å². The van der Waals surface area contributed by atoms with Gasteiger partial charge in [-0.25, -0.2) is 0 Å². The Kier molecular flexibility index (Phi) is 4.97. The van der Waals surface area contributed by atoms with E-state index in [1.54, 1.807) is 18.2 Å². The van der Waals surface area contributed by atoms with Crippen molar-refractivity contribution >= 4 is 0 Å². The highest BCUT2D eigenvalue weighted by Gasteiger charge is 2.41. The molecular formula is C16H23F2NO. The van der Waals surface area contributed by atoms with Gasteiger partial charge in [0.15, 0.2) is 0 Å². The largest absolute Gasteiger partial charge is 0.435 e. The zero-order valence-corrected chi connectivity index (χ0v) is 12.2. The molecule has 112 valence electrons. The van der Waals surface area contributed by atoms with Crippen LogP contribution in [0, 0.1) is 5.41 Å². The summed E-state index contributed by atoms with van der Waals surface area (Å²) in [5.41, 5.74) is 1.47. The van der Waals surface area contributed by atoms with Gasteiger partial charge >= 0.3 is 6.61 Å². The van der Waals surface area contributed by atoms with Crippen molar-refractivity contribution in [1.29, 1.82) is 0 Å². The third-order valence-electron chi connectivity index (χ3n) is 4.10. The highest BCUT2D eigenvalue weighted by atomic mass is 19.3. The number of nitrogens with one attached hydrogen (secondary N) is 1. The minimum Gasteiger partial charge on any atom is -0.435 e. The third-order valence-corrected chi connectivity index (χ3v) is 4.10. The van der Waals surface area contributed by atoms with Crippen molar-refractivity contribution in [2.45, 2.75) is 52.2 Å². The minimum atomic E-state index is -2.77. The van der Waals surface area contributed by atoms with Crippen molar-refractivity contribution in [3.63, 3.8) is 0 Å². The van der Waals surface area contributed by atoms with Gasteiger partial charge < -0.3 is 10.1 Å². The summed E-state index contributed by atoms with van der Waals surface area (Å²) in [6.45, 7) is 2.51. The van der Waals surface area contributed by atoms with E-state index in [0.717, 1.165) is 12.1 Å². The second-order valence-corrected chi connectivity index (χ2v) is 5.80. The van der Waals surface area contributed by atoms with Crippen molar-refractivity contribution in [3.8, 4) is 5.75 Å². The van der Waals surface area contributed by atoms with E-state index in [9.17, 15) is 8.78 Å². The van der Waals surface area contributed by atoms with Crippen LogP contribution < -0.4 is 10.1 Å². The topological polar surface area (TPSA) is 21.3 Å². The fourth-order valence-electron chi connectivity index (χ4n) is 2.67. The first-order valence-corrected chi connectivity index (χ1v) is 7.33. The molecule has 2 rings (SSSR count). The molecule has 1 atom stereocenters. The fourth-order valence-corrected chi connectivity index (χ4v) is 2.67. The van der Waals surface area contributed by atoms with Gasteiger partial charge in [0.1, 0.15) is 5.75 Å². The second kappa shape index (κ2) is 6.53. The van der Waals surface area contributed by atoms with Crippen LogP contribution in [0.25, 0.3) is 0 Å². The van der Waals surface area contributed by atoms with E-state index in [0.29, 0.717) is 5.41 Å². The van der Waals surface area contributed by atoms with E-state index < -0.39 is 6.61 Å². The number of hydrogen-bond donors (Lipinski definition) is 1. The van der Waals surface area contributed by atoms with Crippen LogP contribution in [0.1, 0.15) is 51.1 Å². The Morgan fingerprint density at radius 2 is 2.10 bits per heavy atom. The molecule has 1 N–H and O–H groups in total. The van der Waals surface area contributed by atoms with Crippen LogP contribution in [0.4, 0.5) is 8.78 Å². The molecular weight excluding hydrogens is 260 g/mol. The first kappa shape index (κ1) is 15.2. The third kappa shape index (κ3) is 4.17. The highest BCUT2D eigenvalue weighted by Crippen LogP contribution is 2.49. The Balaban J connectivity index is 1.90. The second-order valence-electron chi connectivity index (χ2n) is 5.80. The Bertz CT molecular complexity index is 432. The predicted molar refractivity (Wildman–Crippen MR) is 76.1 cm³/mol. The number of alkyl halides is 2. The smallest absolute Gasteiger partial charge is 0.387 e. The summed E-state index contributed by atoms with van der Waals surface area (Å²) >= 11 is 0. The van der Waals surface area contributed by atoms with Gasteiger partial charge in [-0.05, 0) is 49.3 Å². The van der Waals surface area contributed by atoms with Crippen LogP contribution in [-0.4, -0.2) is 13.2 Å². The Morgan fingerprint density at radius 3 is 2.70 bits per heavy atom. The van der Waals surface area contributed by atoms with E-state index in [4.69, 9.17) is 0 Å². The fraction of sp³-hybridized carbons (Fsp3) is 0.625. The molecule has 0 aromatic heterocycles. The molecule has 0 aliphatic heterocycles.